The predicted octanol–water partition coefficient (Wildman–Crippen LogP) is 3.26. The van der Waals surface area contributed by atoms with E-state index in [2.05, 4.69) is 12.7 Å². The molecule has 0 saturated heterocycles. The van der Waals surface area contributed by atoms with Crippen LogP contribution in [0.25, 0.3) is 0 Å². The Balaban J connectivity index is 3.13. The highest BCUT2D eigenvalue weighted by atomic mass is 16.4. The van der Waals surface area contributed by atoms with Crippen LogP contribution in [0.15, 0.2) is 24.3 Å². The van der Waals surface area contributed by atoms with Crippen molar-refractivity contribution >= 4 is 5.97 Å². The second kappa shape index (κ2) is 3.51. The first-order chi connectivity index (χ1) is 6.71. The fourth-order valence-electron chi connectivity index (χ4n) is 2.01. The zero-order valence-corrected chi connectivity index (χ0v) is 10.0. The number of allylic oxidation sites excluding steroid dienone is 3. The average Bonchev–Trinajstić information content (AvgIpc) is 2.09. The van der Waals surface area contributed by atoms with Crippen molar-refractivity contribution < 1.29 is 9.90 Å². The summed E-state index contributed by atoms with van der Waals surface area (Å²) in [5, 5.41) is 9.37. The molecule has 0 radical (unpaired) electrons. The lowest BCUT2D eigenvalue weighted by Crippen LogP contribution is -2.44. The van der Waals surface area contributed by atoms with Crippen molar-refractivity contribution in [2.24, 2.45) is 16.7 Å². The highest BCUT2D eigenvalue weighted by molar-refractivity contribution is 5.76. The Kier molecular flexibility index (Phi) is 2.81. The van der Waals surface area contributed by atoms with Crippen LogP contribution in [0.5, 0.6) is 0 Å². The molecule has 1 N–H and O–H groups in total. The molecule has 0 spiro atoms. The van der Waals surface area contributed by atoms with Gasteiger partial charge in [-0.25, -0.2) is 0 Å². The highest BCUT2D eigenvalue weighted by Gasteiger charge is 2.49. The first-order valence-electron chi connectivity index (χ1n) is 5.29. The zero-order chi connectivity index (χ0) is 11.9. The summed E-state index contributed by atoms with van der Waals surface area (Å²) in [6.07, 6.45) is 4.75. The molecular weight excluding hydrogens is 188 g/mol. The van der Waals surface area contributed by atoms with Crippen molar-refractivity contribution in [3.8, 4) is 0 Å². The minimum atomic E-state index is -0.719. The quantitative estimate of drug-likeness (QED) is 0.707. The molecule has 0 saturated carbocycles. The largest absolute Gasteiger partial charge is 0.481 e. The Morgan fingerprint density at radius 1 is 1.47 bits per heavy atom. The molecular formula is C13H20O2. The van der Waals surface area contributed by atoms with E-state index in [0.29, 0.717) is 6.42 Å². The van der Waals surface area contributed by atoms with Gasteiger partial charge in [0.25, 0.3) is 0 Å². The molecule has 2 nitrogen and oxygen atoms in total. The molecule has 15 heavy (non-hydrogen) atoms. The van der Waals surface area contributed by atoms with Crippen LogP contribution in [0.1, 0.15) is 34.1 Å². The van der Waals surface area contributed by atoms with Crippen molar-refractivity contribution in [1.29, 1.82) is 0 Å². The SMILES string of the molecule is C=C(C)C1C=CC(C)(C)[C@](C)(C(=O)O)C1. The molecule has 1 aliphatic carbocycles. The molecule has 84 valence electrons. The monoisotopic (exact) mass is 208 g/mol. The molecule has 1 unspecified atom stereocenters. The number of carboxylic acid groups (broad SMARTS) is 1. The molecule has 1 rings (SSSR count). The second-order valence-electron chi connectivity index (χ2n) is 5.38. The maximum atomic E-state index is 11.4. The Morgan fingerprint density at radius 2 is 2.00 bits per heavy atom. The van der Waals surface area contributed by atoms with Crippen LogP contribution in [0, 0.1) is 16.7 Å². The summed E-state index contributed by atoms with van der Waals surface area (Å²) in [6.45, 7) is 11.6. The minimum Gasteiger partial charge on any atom is -0.481 e. The first kappa shape index (κ1) is 12.0. The second-order valence-corrected chi connectivity index (χ2v) is 5.38. The number of hydrogen-bond donors (Lipinski definition) is 1. The summed E-state index contributed by atoms with van der Waals surface area (Å²) in [7, 11) is 0. The number of aliphatic carboxylic acids is 1. The lowest BCUT2D eigenvalue weighted by molar-refractivity contribution is -0.155. The lowest BCUT2D eigenvalue weighted by atomic mass is 9.59. The minimum absolute atomic E-state index is 0.194. The maximum absolute atomic E-state index is 11.4. The number of hydrogen-bond acceptors (Lipinski definition) is 1. The fraction of sp³-hybridized carbons (Fsp3) is 0.615. The molecule has 0 heterocycles. The highest BCUT2D eigenvalue weighted by Crippen LogP contribution is 2.49. The first-order valence-corrected chi connectivity index (χ1v) is 5.29. The maximum Gasteiger partial charge on any atom is 0.310 e. The van der Waals surface area contributed by atoms with Crippen molar-refractivity contribution in [3.05, 3.63) is 24.3 Å². The third-order valence-corrected chi connectivity index (χ3v) is 3.90. The van der Waals surface area contributed by atoms with Crippen LogP contribution in [0.4, 0.5) is 0 Å². The Labute approximate surface area is 91.7 Å². The molecule has 0 fully saturated rings. The Bertz CT molecular complexity index is 325. The van der Waals surface area contributed by atoms with Crippen LogP contribution in [0.2, 0.25) is 0 Å². The summed E-state index contributed by atoms with van der Waals surface area (Å²) < 4.78 is 0. The number of carboxylic acids is 1. The topological polar surface area (TPSA) is 37.3 Å². The van der Waals surface area contributed by atoms with E-state index in [9.17, 15) is 9.90 Å². The van der Waals surface area contributed by atoms with Gasteiger partial charge in [0.15, 0.2) is 0 Å². The molecule has 2 atom stereocenters. The smallest absolute Gasteiger partial charge is 0.310 e. The summed E-state index contributed by atoms with van der Waals surface area (Å²) >= 11 is 0. The number of rotatable bonds is 2. The third-order valence-electron chi connectivity index (χ3n) is 3.90. The van der Waals surface area contributed by atoms with Gasteiger partial charge >= 0.3 is 5.97 Å². The average molecular weight is 208 g/mol. The standard InChI is InChI=1S/C13H20O2/c1-9(2)10-6-7-12(3,4)13(5,8-10)11(14)15/h6-7,10H,1,8H2,2-5H3,(H,14,15)/t10?,13-/m0/s1. The Hall–Kier alpha value is -1.05. The predicted molar refractivity (Wildman–Crippen MR) is 61.6 cm³/mol. The molecule has 0 aromatic rings. The fourth-order valence-corrected chi connectivity index (χ4v) is 2.01. The van der Waals surface area contributed by atoms with Gasteiger partial charge in [-0.3, -0.25) is 4.79 Å². The number of carbonyl (C=O) groups is 1. The molecule has 0 amide bonds. The summed E-state index contributed by atoms with van der Waals surface area (Å²) in [4.78, 5) is 11.4. The lowest BCUT2D eigenvalue weighted by Gasteiger charge is -2.44. The van der Waals surface area contributed by atoms with Crippen LogP contribution >= 0.6 is 0 Å². The summed E-state index contributed by atoms with van der Waals surface area (Å²) in [5.41, 5.74) is 0.0325. The zero-order valence-electron chi connectivity index (χ0n) is 10.0. The normalized spacial score (nSPS) is 33.7. The summed E-state index contributed by atoms with van der Waals surface area (Å²) in [6, 6.07) is 0. The van der Waals surface area contributed by atoms with E-state index in [4.69, 9.17) is 0 Å². The molecule has 0 aliphatic heterocycles. The van der Waals surface area contributed by atoms with Crippen molar-refractivity contribution in [2.45, 2.75) is 34.1 Å². The summed E-state index contributed by atoms with van der Waals surface area (Å²) in [5.74, 6) is -0.526. The van der Waals surface area contributed by atoms with Crippen molar-refractivity contribution in [1.82, 2.24) is 0 Å². The Morgan fingerprint density at radius 3 is 2.40 bits per heavy atom. The van der Waals surface area contributed by atoms with E-state index < -0.39 is 11.4 Å². The van der Waals surface area contributed by atoms with E-state index >= 15 is 0 Å². The third kappa shape index (κ3) is 1.85. The van der Waals surface area contributed by atoms with Crippen LogP contribution in [-0.4, -0.2) is 11.1 Å². The molecule has 0 bridgehead atoms. The van der Waals surface area contributed by atoms with Gasteiger partial charge in [0.05, 0.1) is 5.41 Å². The van der Waals surface area contributed by atoms with Crippen LogP contribution < -0.4 is 0 Å². The molecule has 1 aliphatic rings. The molecule has 2 heteroatoms. The van der Waals surface area contributed by atoms with E-state index in [0.717, 1.165) is 5.57 Å². The van der Waals surface area contributed by atoms with Gasteiger partial charge in [-0.1, -0.05) is 38.2 Å². The van der Waals surface area contributed by atoms with Gasteiger partial charge < -0.3 is 5.11 Å². The molecule has 0 aromatic carbocycles. The van der Waals surface area contributed by atoms with Crippen LogP contribution in [-0.2, 0) is 4.79 Å². The van der Waals surface area contributed by atoms with Gasteiger partial charge in [0.2, 0.25) is 0 Å². The van der Waals surface area contributed by atoms with E-state index in [-0.39, 0.29) is 11.3 Å². The van der Waals surface area contributed by atoms with Gasteiger partial charge in [-0.05, 0) is 31.6 Å². The van der Waals surface area contributed by atoms with E-state index in [1.807, 2.05) is 33.8 Å². The van der Waals surface area contributed by atoms with Gasteiger partial charge in [-0.2, -0.15) is 0 Å². The van der Waals surface area contributed by atoms with Gasteiger partial charge in [0.1, 0.15) is 0 Å². The van der Waals surface area contributed by atoms with Crippen molar-refractivity contribution in [3.63, 3.8) is 0 Å². The van der Waals surface area contributed by atoms with Crippen molar-refractivity contribution in [2.75, 3.05) is 0 Å². The molecule has 0 aromatic heterocycles. The van der Waals surface area contributed by atoms with Gasteiger partial charge in [-0.15, -0.1) is 0 Å². The van der Waals surface area contributed by atoms with E-state index in [1.54, 1.807) is 0 Å². The van der Waals surface area contributed by atoms with Gasteiger partial charge in [0, 0.05) is 0 Å². The van der Waals surface area contributed by atoms with E-state index in [1.165, 1.54) is 0 Å². The van der Waals surface area contributed by atoms with Crippen LogP contribution in [0.3, 0.4) is 0 Å².